The van der Waals surface area contributed by atoms with Gasteiger partial charge in [0, 0.05) is 23.6 Å². The van der Waals surface area contributed by atoms with Crippen LogP contribution in [0.3, 0.4) is 0 Å². The molecule has 0 aliphatic carbocycles. The fourth-order valence-corrected chi connectivity index (χ4v) is 1.99. The van der Waals surface area contributed by atoms with Crippen molar-refractivity contribution in [1.82, 2.24) is 4.98 Å². The lowest BCUT2D eigenvalue weighted by atomic mass is 10.1. The second-order valence-electron chi connectivity index (χ2n) is 4.76. The van der Waals surface area contributed by atoms with E-state index in [0.29, 0.717) is 25.6 Å². The third-order valence-corrected chi connectivity index (χ3v) is 3.12. The van der Waals surface area contributed by atoms with Gasteiger partial charge >= 0.3 is 0 Å². The number of anilines is 1. The highest BCUT2D eigenvalue weighted by atomic mass is 16.5. The molecule has 5 heteroatoms. The zero-order chi connectivity index (χ0) is 15.1. The van der Waals surface area contributed by atoms with Crippen molar-refractivity contribution in [2.45, 2.75) is 20.0 Å². The first-order valence-electron chi connectivity index (χ1n) is 7.13. The van der Waals surface area contributed by atoms with E-state index in [1.807, 2.05) is 24.3 Å². The van der Waals surface area contributed by atoms with E-state index in [9.17, 15) is 0 Å². The second-order valence-corrected chi connectivity index (χ2v) is 4.76. The monoisotopic (exact) mass is 290 g/mol. The van der Waals surface area contributed by atoms with Crippen molar-refractivity contribution in [2.24, 2.45) is 0 Å². The molecule has 5 nitrogen and oxygen atoms in total. The highest BCUT2D eigenvalue weighted by molar-refractivity contribution is 5.82. The molecule has 0 bridgehead atoms. The van der Waals surface area contributed by atoms with E-state index in [1.165, 1.54) is 0 Å². The topological polar surface area (TPSA) is 66.6 Å². The van der Waals surface area contributed by atoms with Gasteiger partial charge in [0.15, 0.2) is 0 Å². The Morgan fingerprint density at radius 3 is 2.67 bits per heavy atom. The van der Waals surface area contributed by atoms with Crippen LogP contribution in [-0.2, 0) is 16.1 Å². The number of methoxy groups -OCH3 is 1. The van der Waals surface area contributed by atoms with E-state index in [2.05, 4.69) is 11.9 Å². The highest BCUT2D eigenvalue weighted by Crippen LogP contribution is 2.23. The molecular formula is C16H22N2O3. The normalized spacial score (nSPS) is 11.0. The van der Waals surface area contributed by atoms with Crippen LogP contribution in [0.4, 0.5) is 5.82 Å². The van der Waals surface area contributed by atoms with E-state index in [0.717, 1.165) is 35.2 Å². The summed E-state index contributed by atoms with van der Waals surface area (Å²) in [6, 6.07) is 7.75. The van der Waals surface area contributed by atoms with Crippen molar-refractivity contribution in [3.8, 4) is 5.75 Å². The molecule has 0 aliphatic heterocycles. The number of fused-ring (bicyclic) bond motifs is 1. The molecule has 0 unspecified atom stereocenters. The summed E-state index contributed by atoms with van der Waals surface area (Å²) in [5.41, 5.74) is 7.69. The average Bonchev–Trinajstić information content (AvgIpc) is 2.50. The van der Waals surface area contributed by atoms with Crippen molar-refractivity contribution in [2.75, 3.05) is 32.7 Å². The minimum atomic E-state index is 0.441. The van der Waals surface area contributed by atoms with E-state index < -0.39 is 0 Å². The van der Waals surface area contributed by atoms with Crippen molar-refractivity contribution >= 4 is 16.7 Å². The van der Waals surface area contributed by atoms with Crippen LogP contribution in [0, 0.1) is 0 Å². The summed E-state index contributed by atoms with van der Waals surface area (Å²) in [4.78, 5) is 4.40. The van der Waals surface area contributed by atoms with Gasteiger partial charge in [0.05, 0.1) is 32.4 Å². The Kier molecular flexibility index (Phi) is 5.78. The van der Waals surface area contributed by atoms with Crippen LogP contribution in [0.25, 0.3) is 10.9 Å². The third kappa shape index (κ3) is 4.31. The number of rotatable bonds is 8. The maximum absolute atomic E-state index is 5.98. The van der Waals surface area contributed by atoms with Crippen LogP contribution >= 0.6 is 0 Å². The molecule has 0 amide bonds. The molecule has 0 saturated carbocycles. The molecule has 0 saturated heterocycles. The van der Waals surface area contributed by atoms with Gasteiger partial charge in [0.1, 0.15) is 11.6 Å². The van der Waals surface area contributed by atoms with Gasteiger partial charge < -0.3 is 19.9 Å². The zero-order valence-electron chi connectivity index (χ0n) is 12.6. The molecule has 0 atom stereocenters. The van der Waals surface area contributed by atoms with E-state index in [4.69, 9.17) is 19.9 Å². The Bertz CT molecular complexity index is 587. The number of nitrogen functional groups attached to an aromatic ring is 1. The van der Waals surface area contributed by atoms with Gasteiger partial charge in [-0.25, -0.2) is 4.98 Å². The Balaban J connectivity index is 1.98. The molecule has 0 aliphatic rings. The average molecular weight is 290 g/mol. The van der Waals surface area contributed by atoms with Gasteiger partial charge in [-0.2, -0.15) is 0 Å². The molecule has 0 fully saturated rings. The molecule has 0 spiro atoms. The van der Waals surface area contributed by atoms with Crippen LogP contribution in [0.2, 0.25) is 0 Å². The Morgan fingerprint density at radius 1 is 1.10 bits per heavy atom. The minimum Gasteiger partial charge on any atom is -0.497 e. The summed E-state index contributed by atoms with van der Waals surface area (Å²) >= 11 is 0. The summed E-state index contributed by atoms with van der Waals surface area (Å²) in [6.45, 7) is 4.45. The molecule has 1 heterocycles. The number of hydrogen-bond donors (Lipinski definition) is 1. The number of pyridine rings is 1. The molecule has 1 aromatic heterocycles. The first-order chi connectivity index (χ1) is 10.2. The number of aromatic nitrogens is 1. The van der Waals surface area contributed by atoms with Crippen molar-refractivity contribution in [3.63, 3.8) is 0 Å². The summed E-state index contributed by atoms with van der Waals surface area (Å²) in [5.74, 6) is 1.26. The van der Waals surface area contributed by atoms with Crippen molar-refractivity contribution in [1.29, 1.82) is 0 Å². The SMILES string of the molecule is CCCOCCOCc1cc2ccc(OC)cc2nc1N. The zero-order valence-corrected chi connectivity index (χ0v) is 12.6. The van der Waals surface area contributed by atoms with Gasteiger partial charge in [-0.05, 0) is 24.6 Å². The third-order valence-electron chi connectivity index (χ3n) is 3.12. The largest absolute Gasteiger partial charge is 0.497 e. The maximum atomic E-state index is 5.98. The van der Waals surface area contributed by atoms with Crippen LogP contribution < -0.4 is 10.5 Å². The molecule has 2 rings (SSSR count). The lowest BCUT2D eigenvalue weighted by Gasteiger charge is -2.09. The second kappa shape index (κ2) is 7.81. The summed E-state index contributed by atoms with van der Waals surface area (Å²) in [5, 5.41) is 1.02. The Hall–Kier alpha value is -1.85. The lowest BCUT2D eigenvalue weighted by molar-refractivity contribution is 0.0410. The molecule has 114 valence electrons. The van der Waals surface area contributed by atoms with Crippen LogP contribution in [0.15, 0.2) is 24.3 Å². The molecule has 1 aromatic carbocycles. The molecule has 2 aromatic rings. The molecule has 2 N–H and O–H groups in total. The molecule has 0 radical (unpaired) electrons. The summed E-state index contributed by atoms with van der Waals surface area (Å²) < 4.78 is 16.1. The van der Waals surface area contributed by atoms with Crippen LogP contribution in [-0.4, -0.2) is 31.9 Å². The van der Waals surface area contributed by atoms with Crippen LogP contribution in [0.1, 0.15) is 18.9 Å². The fourth-order valence-electron chi connectivity index (χ4n) is 1.99. The lowest BCUT2D eigenvalue weighted by Crippen LogP contribution is -2.06. The fraction of sp³-hybridized carbons (Fsp3) is 0.438. The van der Waals surface area contributed by atoms with E-state index in [1.54, 1.807) is 7.11 Å². The molecule has 21 heavy (non-hydrogen) atoms. The Labute approximate surface area is 125 Å². The number of nitrogens with zero attached hydrogens (tertiary/aromatic N) is 1. The first-order valence-corrected chi connectivity index (χ1v) is 7.13. The maximum Gasteiger partial charge on any atom is 0.129 e. The number of benzene rings is 1. The number of ether oxygens (including phenoxy) is 3. The quantitative estimate of drug-likeness (QED) is 0.757. The van der Waals surface area contributed by atoms with Gasteiger partial charge in [-0.15, -0.1) is 0 Å². The van der Waals surface area contributed by atoms with Crippen molar-refractivity contribution in [3.05, 3.63) is 29.8 Å². The number of hydrogen-bond acceptors (Lipinski definition) is 5. The predicted octanol–water partition coefficient (Wildman–Crippen LogP) is 2.77. The van der Waals surface area contributed by atoms with Gasteiger partial charge in [-0.1, -0.05) is 6.92 Å². The highest BCUT2D eigenvalue weighted by Gasteiger charge is 2.05. The molecular weight excluding hydrogens is 268 g/mol. The first kappa shape index (κ1) is 15.5. The van der Waals surface area contributed by atoms with Crippen LogP contribution in [0.5, 0.6) is 5.75 Å². The van der Waals surface area contributed by atoms with Gasteiger partial charge in [0.25, 0.3) is 0 Å². The minimum absolute atomic E-state index is 0.441. The van der Waals surface area contributed by atoms with Gasteiger partial charge in [0.2, 0.25) is 0 Å². The van der Waals surface area contributed by atoms with E-state index in [-0.39, 0.29) is 0 Å². The predicted molar refractivity (Wildman–Crippen MR) is 83.5 cm³/mol. The number of nitrogens with two attached hydrogens (primary N) is 1. The summed E-state index contributed by atoms with van der Waals surface area (Å²) in [6.07, 6.45) is 1.02. The van der Waals surface area contributed by atoms with Crippen molar-refractivity contribution < 1.29 is 14.2 Å². The smallest absolute Gasteiger partial charge is 0.129 e. The standard InChI is InChI=1S/C16H22N2O3/c1-3-6-20-7-8-21-11-13-9-12-4-5-14(19-2)10-15(12)18-16(13)17/h4-5,9-10H,3,6-8,11H2,1-2H3,(H2,17,18). The summed E-state index contributed by atoms with van der Waals surface area (Å²) in [7, 11) is 1.63. The van der Waals surface area contributed by atoms with Gasteiger partial charge in [-0.3, -0.25) is 0 Å². The van der Waals surface area contributed by atoms with E-state index >= 15 is 0 Å². The Morgan fingerprint density at radius 2 is 1.90 bits per heavy atom.